The molecule has 2 aromatic rings. The zero-order chi connectivity index (χ0) is 22.2. The van der Waals surface area contributed by atoms with Crippen molar-refractivity contribution in [3.63, 3.8) is 0 Å². The number of nitriles is 1. The van der Waals surface area contributed by atoms with E-state index in [2.05, 4.69) is 22.8 Å². The molecule has 4 rings (SSSR count). The average molecular weight is 439 g/mol. The van der Waals surface area contributed by atoms with Gasteiger partial charge in [-0.1, -0.05) is 42.5 Å². The standard InChI is InChI=1S/C22H22N4O4S/c1-22(20(27)24-21(28)25-22)14-31(29,30)26-11-9-18-12-17(6-7-19(18)13-26)16-4-2-15(3-5-16)8-10-23/h2-7,12H,8-9,11,13-14H2,1H3,(H2,24,25,27,28)/t22-/m1/s1. The molecule has 2 aliphatic rings. The van der Waals surface area contributed by atoms with Crippen molar-refractivity contribution in [3.05, 3.63) is 59.2 Å². The minimum Gasteiger partial charge on any atom is -0.322 e. The Morgan fingerprint density at radius 3 is 2.45 bits per heavy atom. The number of sulfonamides is 1. The second-order valence-electron chi connectivity index (χ2n) is 8.10. The Bertz CT molecular complexity index is 1200. The van der Waals surface area contributed by atoms with Crippen LogP contribution < -0.4 is 10.6 Å². The van der Waals surface area contributed by atoms with Gasteiger partial charge in [-0.3, -0.25) is 10.1 Å². The van der Waals surface area contributed by atoms with Crippen molar-refractivity contribution in [2.75, 3.05) is 12.3 Å². The molecular formula is C22H22N4O4S. The lowest BCUT2D eigenvalue weighted by molar-refractivity contribution is -0.122. The van der Waals surface area contributed by atoms with Crippen LogP contribution in [-0.4, -0.2) is 42.5 Å². The molecule has 1 fully saturated rings. The van der Waals surface area contributed by atoms with Crippen LogP contribution >= 0.6 is 0 Å². The second kappa shape index (κ2) is 7.80. The average Bonchev–Trinajstić information content (AvgIpc) is 2.98. The predicted octanol–water partition coefficient (Wildman–Crippen LogP) is 1.71. The van der Waals surface area contributed by atoms with E-state index in [-0.39, 0.29) is 6.54 Å². The lowest BCUT2D eigenvalue weighted by Crippen LogP contribution is -2.53. The van der Waals surface area contributed by atoms with E-state index in [4.69, 9.17) is 5.26 Å². The summed E-state index contributed by atoms with van der Waals surface area (Å²) in [7, 11) is -3.77. The van der Waals surface area contributed by atoms with E-state index in [1.807, 2.05) is 36.4 Å². The molecule has 9 heteroatoms. The van der Waals surface area contributed by atoms with E-state index in [1.165, 1.54) is 11.2 Å². The molecule has 1 atom stereocenters. The van der Waals surface area contributed by atoms with Gasteiger partial charge in [-0.2, -0.15) is 9.57 Å². The number of hydrogen-bond donors (Lipinski definition) is 2. The summed E-state index contributed by atoms with van der Waals surface area (Å²) in [5.41, 5.74) is 3.57. The quantitative estimate of drug-likeness (QED) is 0.689. The highest BCUT2D eigenvalue weighted by Gasteiger charge is 2.46. The van der Waals surface area contributed by atoms with E-state index in [0.717, 1.165) is 27.8 Å². The van der Waals surface area contributed by atoms with Gasteiger partial charge < -0.3 is 5.32 Å². The molecule has 31 heavy (non-hydrogen) atoms. The number of amides is 3. The van der Waals surface area contributed by atoms with Gasteiger partial charge in [0.1, 0.15) is 5.54 Å². The minimum atomic E-state index is -3.77. The van der Waals surface area contributed by atoms with Crippen LogP contribution in [0.1, 0.15) is 23.6 Å². The summed E-state index contributed by atoms with van der Waals surface area (Å²) in [5, 5.41) is 13.3. The van der Waals surface area contributed by atoms with E-state index in [0.29, 0.717) is 19.4 Å². The molecule has 8 nitrogen and oxygen atoms in total. The molecule has 2 aromatic carbocycles. The molecule has 3 amide bonds. The predicted molar refractivity (Wildman–Crippen MR) is 114 cm³/mol. The van der Waals surface area contributed by atoms with Gasteiger partial charge >= 0.3 is 6.03 Å². The normalized spacial score (nSPS) is 21.2. The van der Waals surface area contributed by atoms with Crippen LogP contribution in [0, 0.1) is 11.3 Å². The molecule has 0 spiro atoms. The third kappa shape index (κ3) is 4.17. The van der Waals surface area contributed by atoms with Crippen molar-refractivity contribution in [3.8, 4) is 17.2 Å². The maximum atomic E-state index is 13.0. The molecule has 2 aliphatic heterocycles. The number of benzene rings is 2. The number of rotatable bonds is 5. The fraction of sp³-hybridized carbons (Fsp3) is 0.318. The van der Waals surface area contributed by atoms with E-state index < -0.39 is 33.3 Å². The van der Waals surface area contributed by atoms with E-state index in [9.17, 15) is 18.0 Å². The molecular weight excluding hydrogens is 416 g/mol. The highest BCUT2D eigenvalue weighted by Crippen LogP contribution is 2.28. The van der Waals surface area contributed by atoms with Gasteiger partial charge in [-0.15, -0.1) is 0 Å². The van der Waals surface area contributed by atoms with Crippen molar-refractivity contribution in [1.82, 2.24) is 14.9 Å². The van der Waals surface area contributed by atoms with Crippen molar-refractivity contribution in [2.45, 2.75) is 31.8 Å². The molecule has 0 radical (unpaired) electrons. The molecule has 0 aliphatic carbocycles. The summed E-state index contributed by atoms with van der Waals surface area (Å²) < 4.78 is 27.3. The molecule has 0 aromatic heterocycles. The fourth-order valence-electron chi connectivity index (χ4n) is 3.99. The van der Waals surface area contributed by atoms with Crippen molar-refractivity contribution < 1.29 is 18.0 Å². The monoisotopic (exact) mass is 438 g/mol. The van der Waals surface area contributed by atoms with Gasteiger partial charge in [0.15, 0.2) is 0 Å². The van der Waals surface area contributed by atoms with Crippen LogP contribution in [0.25, 0.3) is 11.1 Å². The minimum absolute atomic E-state index is 0.227. The lowest BCUT2D eigenvalue weighted by atomic mass is 9.95. The summed E-state index contributed by atoms with van der Waals surface area (Å²) in [4.78, 5) is 23.4. The first kappa shape index (κ1) is 21.0. The van der Waals surface area contributed by atoms with Gasteiger partial charge in [0.25, 0.3) is 5.91 Å². The van der Waals surface area contributed by atoms with Crippen LogP contribution in [0.3, 0.4) is 0 Å². The molecule has 2 N–H and O–H groups in total. The Labute approximate surface area is 180 Å². The van der Waals surface area contributed by atoms with Crippen molar-refractivity contribution in [1.29, 1.82) is 5.26 Å². The fourth-order valence-corrected chi connectivity index (χ4v) is 5.81. The highest BCUT2D eigenvalue weighted by atomic mass is 32.2. The number of hydrogen-bond acceptors (Lipinski definition) is 5. The lowest BCUT2D eigenvalue weighted by Gasteiger charge is -2.31. The van der Waals surface area contributed by atoms with Crippen LogP contribution in [-0.2, 0) is 34.2 Å². The van der Waals surface area contributed by atoms with E-state index in [1.54, 1.807) is 0 Å². The second-order valence-corrected chi connectivity index (χ2v) is 10.1. The first-order valence-electron chi connectivity index (χ1n) is 9.90. The zero-order valence-electron chi connectivity index (χ0n) is 17.0. The number of imide groups is 1. The number of nitrogens with one attached hydrogen (secondary N) is 2. The van der Waals surface area contributed by atoms with Crippen molar-refractivity contribution >= 4 is 22.0 Å². The first-order valence-corrected chi connectivity index (χ1v) is 11.5. The Hall–Kier alpha value is -3.22. The van der Waals surface area contributed by atoms with E-state index >= 15 is 0 Å². The third-order valence-corrected chi connectivity index (χ3v) is 7.78. The molecule has 160 valence electrons. The molecule has 2 heterocycles. The topological polar surface area (TPSA) is 119 Å². The maximum absolute atomic E-state index is 13.0. The molecule has 0 saturated carbocycles. The summed E-state index contributed by atoms with van der Waals surface area (Å²) in [6, 6.07) is 15.3. The summed E-state index contributed by atoms with van der Waals surface area (Å²) in [6.07, 6.45) is 0.934. The van der Waals surface area contributed by atoms with Gasteiger partial charge in [-0.05, 0) is 41.2 Å². The number of nitrogens with zero attached hydrogens (tertiary/aromatic N) is 2. The van der Waals surface area contributed by atoms with Crippen molar-refractivity contribution in [2.24, 2.45) is 0 Å². The maximum Gasteiger partial charge on any atom is 0.322 e. The number of carbonyl (C=O) groups is 2. The number of carbonyl (C=O) groups excluding carboxylic acids is 2. The van der Waals surface area contributed by atoms with Gasteiger partial charge in [0.2, 0.25) is 10.0 Å². The number of fused-ring (bicyclic) bond motifs is 1. The largest absolute Gasteiger partial charge is 0.322 e. The summed E-state index contributed by atoms with van der Waals surface area (Å²) in [6.45, 7) is 1.95. The molecule has 1 saturated heterocycles. The summed E-state index contributed by atoms with van der Waals surface area (Å²) >= 11 is 0. The Morgan fingerprint density at radius 1 is 1.10 bits per heavy atom. The first-order chi connectivity index (χ1) is 14.7. The number of urea groups is 1. The van der Waals surface area contributed by atoms with Crippen LogP contribution in [0.5, 0.6) is 0 Å². The highest BCUT2D eigenvalue weighted by molar-refractivity contribution is 7.89. The van der Waals surface area contributed by atoms with Crippen LogP contribution in [0.2, 0.25) is 0 Å². The van der Waals surface area contributed by atoms with Crippen LogP contribution in [0.4, 0.5) is 4.79 Å². The van der Waals surface area contributed by atoms with Gasteiger partial charge in [-0.25, -0.2) is 13.2 Å². The Balaban J connectivity index is 1.51. The molecule has 0 unspecified atom stereocenters. The SMILES string of the molecule is C[C@]1(CS(=O)(=O)N2CCc3cc(-c4ccc(CC#N)cc4)ccc3C2)NC(=O)NC1=O. The zero-order valence-corrected chi connectivity index (χ0v) is 17.8. The smallest absolute Gasteiger partial charge is 0.322 e. The van der Waals surface area contributed by atoms with Gasteiger partial charge in [0, 0.05) is 13.1 Å². The summed E-state index contributed by atoms with van der Waals surface area (Å²) in [5.74, 6) is -1.12. The Morgan fingerprint density at radius 2 is 1.81 bits per heavy atom. The molecule has 0 bridgehead atoms. The van der Waals surface area contributed by atoms with Crippen LogP contribution in [0.15, 0.2) is 42.5 Å². The third-order valence-electron chi connectivity index (χ3n) is 5.74. The Kier molecular flexibility index (Phi) is 5.29. The van der Waals surface area contributed by atoms with Gasteiger partial charge in [0.05, 0.1) is 18.2 Å².